The van der Waals surface area contributed by atoms with Gasteiger partial charge >= 0.3 is 0 Å². The van der Waals surface area contributed by atoms with Gasteiger partial charge in [-0.2, -0.15) is 0 Å². The molecule has 0 amide bonds. The molecule has 1 saturated heterocycles. The van der Waals surface area contributed by atoms with Crippen LogP contribution in [0.4, 0.5) is 0 Å². The van der Waals surface area contributed by atoms with E-state index >= 15 is 0 Å². The molecule has 1 aliphatic heterocycles. The molecule has 0 aromatic carbocycles. The molecule has 4 nitrogen and oxygen atoms in total. The quantitative estimate of drug-likeness (QED) is 0.677. The number of morpholine rings is 1. The molecule has 1 heterocycles. The minimum Gasteiger partial charge on any atom is -0.374 e. The molecule has 2 unspecified atom stereocenters. The van der Waals surface area contributed by atoms with Gasteiger partial charge in [-0.05, 0) is 21.0 Å². The molecule has 84 valence electrons. The van der Waals surface area contributed by atoms with E-state index in [-0.39, 0.29) is 12.2 Å². The maximum Gasteiger partial charge on any atom is 0.0935 e. The monoisotopic (exact) mass is 202 g/mol. The number of hydrogen-bond acceptors (Lipinski definition) is 4. The van der Waals surface area contributed by atoms with Crippen molar-refractivity contribution in [2.75, 3.05) is 46.9 Å². The number of nitrogens with one attached hydrogen (secondary N) is 1. The summed E-state index contributed by atoms with van der Waals surface area (Å²) in [5.74, 6) is 0. The van der Waals surface area contributed by atoms with Crippen LogP contribution < -0.4 is 5.32 Å². The van der Waals surface area contributed by atoms with Gasteiger partial charge in [-0.1, -0.05) is 0 Å². The van der Waals surface area contributed by atoms with Crippen LogP contribution in [0.25, 0.3) is 0 Å². The first-order valence-electron chi connectivity index (χ1n) is 5.28. The van der Waals surface area contributed by atoms with Crippen molar-refractivity contribution in [3.63, 3.8) is 0 Å². The van der Waals surface area contributed by atoms with Crippen molar-refractivity contribution in [2.24, 2.45) is 0 Å². The largest absolute Gasteiger partial charge is 0.374 e. The highest BCUT2D eigenvalue weighted by atomic mass is 16.5. The predicted octanol–water partition coefficient (Wildman–Crippen LogP) is -0.0585. The maximum absolute atomic E-state index is 5.66. The molecular weight excluding hydrogens is 180 g/mol. The topological polar surface area (TPSA) is 33.7 Å². The lowest BCUT2D eigenvalue weighted by molar-refractivity contribution is -0.0765. The van der Waals surface area contributed by atoms with Crippen LogP contribution in [0.15, 0.2) is 0 Å². The summed E-state index contributed by atoms with van der Waals surface area (Å²) in [4.78, 5) is 2.28. The van der Waals surface area contributed by atoms with E-state index in [4.69, 9.17) is 9.47 Å². The van der Waals surface area contributed by atoms with Crippen LogP contribution in [0.2, 0.25) is 0 Å². The van der Waals surface area contributed by atoms with Crippen LogP contribution in [0.3, 0.4) is 0 Å². The highest BCUT2D eigenvalue weighted by Gasteiger charge is 2.18. The highest BCUT2D eigenvalue weighted by molar-refractivity contribution is 4.68. The van der Waals surface area contributed by atoms with E-state index in [1.54, 1.807) is 0 Å². The van der Waals surface area contributed by atoms with Gasteiger partial charge in [0.05, 0.1) is 25.4 Å². The summed E-state index contributed by atoms with van der Waals surface area (Å²) in [6, 6.07) is 0. The van der Waals surface area contributed by atoms with E-state index in [1.807, 2.05) is 7.05 Å². The second-order valence-electron chi connectivity index (χ2n) is 3.96. The molecule has 0 aromatic heterocycles. The lowest BCUT2D eigenvalue weighted by Gasteiger charge is -2.30. The Balaban J connectivity index is 2.10. The van der Waals surface area contributed by atoms with E-state index in [0.29, 0.717) is 6.61 Å². The molecule has 1 rings (SSSR count). The predicted molar refractivity (Wildman–Crippen MR) is 56.6 cm³/mol. The molecule has 14 heavy (non-hydrogen) atoms. The summed E-state index contributed by atoms with van der Waals surface area (Å²) in [6.07, 6.45) is 0.504. The summed E-state index contributed by atoms with van der Waals surface area (Å²) in [7, 11) is 4.05. The summed E-state index contributed by atoms with van der Waals surface area (Å²) in [6.45, 7) is 6.50. The van der Waals surface area contributed by atoms with Gasteiger partial charge in [-0.15, -0.1) is 0 Å². The lowest BCUT2D eigenvalue weighted by Crippen LogP contribution is -2.43. The van der Waals surface area contributed by atoms with Crippen molar-refractivity contribution in [3.05, 3.63) is 0 Å². The van der Waals surface area contributed by atoms with Crippen LogP contribution in [-0.4, -0.2) is 64.1 Å². The third-order valence-corrected chi connectivity index (χ3v) is 2.40. The average Bonchev–Trinajstić information content (AvgIpc) is 2.15. The van der Waals surface area contributed by atoms with Gasteiger partial charge in [0, 0.05) is 19.6 Å². The van der Waals surface area contributed by atoms with Gasteiger partial charge in [0.15, 0.2) is 0 Å². The standard InChI is InChI=1S/C10H22N2O2/c1-9(6-11-2)14-8-10-7-12(3)4-5-13-10/h9-11H,4-8H2,1-3H3. The van der Waals surface area contributed by atoms with Gasteiger partial charge < -0.3 is 19.7 Å². The highest BCUT2D eigenvalue weighted by Crippen LogP contribution is 2.04. The summed E-state index contributed by atoms with van der Waals surface area (Å²) >= 11 is 0. The van der Waals surface area contributed by atoms with E-state index in [9.17, 15) is 0 Å². The molecule has 0 saturated carbocycles. The van der Waals surface area contributed by atoms with Crippen LogP contribution in [0.1, 0.15) is 6.92 Å². The van der Waals surface area contributed by atoms with Gasteiger partial charge in [-0.3, -0.25) is 0 Å². The van der Waals surface area contributed by atoms with Crippen molar-refractivity contribution in [1.82, 2.24) is 10.2 Å². The van der Waals surface area contributed by atoms with E-state index in [1.165, 1.54) is 0 Å². The minimum atomic E-state index is 0.244. The first-order chi connectivity index (χ1) is 6.72. The van der Waals surface area contributed by atoms with Crippen LogP contribution >= 0.6 is 0 Å². The zero-order valence-electron chi connectivity index (χ0n) is 9.45. The molecule has 0 bridgehead atoms. The smallest absolute Gasteiger partial charge is 0.0935 e. The first kappa shape index (κ1) is 11.9. The molecule has 1 aliphatic rings. The fourth-order valence-corrected chi connectivity index (χ4v) is 1.59. The maximum atomic E-state index is 5.66. The van der Waals surface area contributed by atoms with E-state index < -0.39 is 0 Å². The Morgan fingerprint density at radius 1 is 1.64 bits per heavy atom. The van der Waals surface area contributed by atoms with Gasteiger partial charge in [0.25, 0.3) is 0 Å². The fourth-order valence-electron chi connectivity index (χ4n) is 1.59. The van der Waals surface area contributed by atoms with Gasteiger partial charge in [0.2, 0.25) is 0 Å². The van der Waals surface area contributed by atoms with Gasteiger partial charge in [-0.25, -0.2) is 0 Å². The molecule has 0 aromatic rings. The first-order valence-corrected chi connectivity index (χ1v) is 5.28. The van der Waals surface area contributed by atoms with Crippen molar-refractivity contribution in [3.8, 4) is 0 Å². The summed E-state index contributed by atoms with van der Waals surface area (Å²) in [5, 5.41) is 3.09. The molecule has 4 heteroatoms. The Labute approximate surface area is 86.6 Å². The summed E-state index contributed by atoms with van der Waals surface area (Å²) in [5.41, 5.74) is 0. The number of nitrogens with zero attached hydrogens (tertiary/aromatic N) is 1. The lowest BCUT2D eigenvalue weighted by atomic mass is 10.3. The molecule has 1 N–H and O–H groups in total. The molecule has 2 atom stereocenters. The van der Waals surface area contributed by atoms with E-state index in [2.05, 4.69) is 24.2 Å². The molecule has 0 spiro atoms. The Bertz CT molecular complexity index is 155. The number of rotatable bonds is 5. The third kappa shape index (κ3) is 4.37. The van der Waals surface area contributed by atoms with Crippen LogP contribution in [-0.2, 0) is 9.47 Å². The van der Waals surface area contributed by atoms with Crippen molar-refractivity contribution < 1.29 is 9.47 Å². The molecule has 0 radical (unpaired) electrons. The number of hydrogen-bond donors (Lipinski definition) is 1. The number of ether oxygens (including phenoxy) is 2. The Kier molecular flexibility index (Phi) is 5.40. The molecular formula is C10H22N2O2. The van der Waals surface area contributed by atoms with Crippen molar-refractivity contribution in [2.45, 2.75) is 19.1 Å². The Morgan fingerprint density at radius 2 is 2.43 bits per heavy atom. The summed E-state index contributed by atoms with van der Waals surface area (Å²) < 4.78 is 11.2. The molecule has 0 aliphatic carbocycles. The zero-order valence-corrected chi connectivity index (χ0v) is 9.45. The van der Waals surface area contributed by atoms with Gasteiger partial charge in [0.1, 0.15) is 0 Å². The second-order valence-corrected chi connectivity index (χ2v) is 3.96. The molecule has 1 fully saturated rings. The second kappa shape index (κ2) is 6.35. The minimum absolute atomic E-state index is 0.244. The van der Waals surface area contributed by atoms with Crippen molar-refractivity contribution >= 4 is 0 Å². The number of likely N-dealkylation sites (N-methyl/N-ethyl adjacent to an activating group) is 2. The SMILES string of the molecule is CNCC(C)OCC1CN(C)CCO1. The zero-order chi connectivity index (χ0) is 10.4. The fraction of sp³-hybridized carbons (Fsp3) is 1.00. The van der Waals surface area contributed by atoms with E-state index in [0.717, 1.165) is 26.2 Å². The van der Waals surface area contributed by atoms with Crippen LogP contribution in [0.5, 0.6) is 0 Å². The normalized spacial score (nSPS) is 26.4. The van der Waals surface area contributed by atoms with Crippen molar-refractivity contribution in [1.29, 1.82) is 0 Å². The third-order valence-electron chi connectivity index (χ3n) is 2.40. The Hall–Kier alpha value is -0.160. The Morgan fingerprint density at radius 3 is 3.07 bits per heavy atom. The average molecular weight is 202 g/mol. The van der Waals surface area contributed by atoms with Crippen LogP contribution in [0, 0.1) is 0 Å².